The number of likely N-dealkylation sites (tertiary alicyclic amines) is 1. The van der Waals surface area contributed by atoms with Crippen LogP contribution in [0.25, 0.3) is 0 Å². The van der Waals surface area contributed by atoms with Crippen molar-refractivity contribution < 1.29 is 9.53 Å². The molecule has 1 saturated heterocycles. The van der Waals surface area contributed by atoms with Gasteiger partial charge in [0.15, 0.2) is 0 Å². The van der Waals surface area contributed by atoms with Gasteiger partial charge in [0.2, 0.25) is 0 Å². The summed E-state index contributed by atoms with van der Waals surface area (Å²) in [6.45, 7) is 4.62. The minimum Gasteiger partial charge on any atom is -0.384 e. The zero-order valence-corrected chi connectivity index (χ0v) is 16.0. The van der Waals surface area contributed by atoms with Crippen LogP contribution in [-0.2, 0) is 11.3 Å². The Morgan fingerprint density at radius 2 is 2.23 bits per heavy atom. The van der Waals surface area contributed by atoms with Gasteiger partial charge in [-0.1, -0.05) is 29.8 Å². The third kappa shape index (κ3) is 4.37. The van der Waals surface area contributed by atoms with Gasteiger partial charge in [0.1, 0.15) is 5.82 Å². The fraction of sp³-hybridized carbons (Fsp3) is 0.474. The number of nitrogens with one attached hydrogen (secondary N) is 1. The van der Waals surface area contributed by atoms with Crippen LogP contribution in [0, 0.1) is 12.8 Å². The van der Waals surface area contributed by atoms with Crippen LogP contribution in [0.15, 0.2) is 30.5 Å². The van der Waals surface area contributed by atoms with E-state index in [2.05, 4.69) is 10.4 Å². The van der Waals surface area contributed by atoms with Gasteiger partial charge in [0.05, 0.1) is 19.3 Å². The van der Waals surface area contributed by atoms with Crippen LogP contribution in [0.1, 0.15) is 24.0 Å². The van der Waals surface area contributed by atoms with E-state index in [0.717, 1.165) is 37.1 Å². The number of piperidine rings is 1. The molecule has 1 aromatic carbocycles. The summed E-state index contributed by atoms with van der Waals surface area (Å²) in [7, 11) is 1.70. The maximum atomic E-state index is 12.7. The maximum absolute atomic E-state index is 12.7. The lowest BCUT2D eigenvalue weighted by Gasteiger charge is -2.32. The number of hydrogen-bond acceptors (Lipinski definition) is 3. The van der Waals surface area contributed by atoms with Gasteiger partial charge in [-0.05, 0) is 31.4 Å². The lowest BCUT2D eigenvalue weighted by atomic mass is 9.99. The quantitative estimate of drug-likeness (QED) is 0.863. The fourth-order valence-electron chi connectivity index (χ4n) is 3.35. The molecule has 3 rings (SSSR count). The summed E-state index contributed by atoms with van der Waals surface area (Å²) >= 11 is 6.26. The number of halogens is 1. The van der Waals surface area contributed by atoms with E-state index >= 15 is 0 Å². The molecule has 0 bridgehead atoms. The molecule has 1 aliphatic rings. The van der Waals surface area contributed by atoms with Crippen molar-refractivity contribution in [3.8, 4) is 0 Å². The third-order valence-corrected chi connectivity index (χ3v) is 5.10. The summed E-state index contributed by atoms with van der Waals surface area (Å²) in [5.41, 5.74) is 1.89. The average molecular weight is 377 g/mol. The van der Waals surface area contributed by atoms with Crippen LogP contribution < -0.4 is 5.32 Å². The van der Waals surface area contributed by atoms with E-state index < -0.39 is 0 Å². The third-order valence-electron chi connectivity index (χ3n) is 4.73. The van der Waals surface area contributed by atoms with Crippen molar-refractivity contribution >= 4 is 23.4 Å². The number of ether oxygens (including phenoxy) is 1. The van der Waals surface area contributed by atoms with Crippen LogP contribution in [0.4, 0.5) is 10.6 Å². The number of hydrogen-bond donors (Lipinski definition) is 1. The van der Waals surface area contributed by atoms with Gasteiger partial charge in [-0.3, -0.25) is 5.32 Å². The Morgan fingerprint density at radius 3 is 3.00 bits per heavy atom. The second-order valence-corrected chi connectivity index (χ2v) is 7.17. The molecule has 2 aromatic rings. The van der Waals surface area contributed by atoms with Crippen LogP contribution in [-0.4, -0.2) is 47.5 Å². The minimum absolute atomic E-state index is 0.0881. The number of amides is 2. The highest BCUT2D eigenvalue weighted by molar-refractivity contribution is 6.31. The molecule has 1 atom stereocenters. The molecule has 1 fully saturated rings. The van der Waals surface area contributed by atoms with E-state index in [4.69, 9.17) is 16.3 Å². The Bertz CT molecular complexity index is 760. The highest BCUT2D eigenvalue weighted by atomic mass is 35.5. The molecule has 7 heteroatoms. The molecule has 0 saturated carbocycles. The minimum atomic E-state index is -0.0881. The maximum Gasteiger partial charge on any atom is 0.323 e. The van der Waals surface area contributed by atoms with Crippen molar-refractivity contribution in [1.29, 1.82) is 0 Å². The van der Waals surface area contributed by atoms with Gasteiger partial charge in [0, 0.05) is 36.7 Å². The van der Waals surface area contributed by atoms with Crippen molar-refractivity contribution in [3.05, 3.63) is 46.6 Å². The Labute approximate surface area is 159 Å². The normalized spacial score (nSPS) is 17.3. The Kier molecular flexibility index (Phi) is 6.16. The van der Waals surface area contributed by atoms with E-state index in [9.17, 15) is 4.79 Å². The smallest absolute Gasteiger partial charge is 0.323 e. The first-order chi connectivity index (χ1) is 12.6. The summed E-state index contributed by atoms with van der Waals surface area (Å²) in [5.74, 6) is 1.11. The molecule has 6 nitrogen and oxygen atoms in total. The molecule has 2 heterocycles. The van der Waals surface area contributed by atoms with E-state index in [0.29, 0.717) is 29.9 Å². The number of carbonyl (C=O) groups is 1. The molecule has 0 unspecified atom stereocenters. The number of anilines is 1. The predicted octanol–water partition coefficient (Wildman–Crippen LogP) is 3.78. The highest BCUT2D eigenvalue weighted by Crippen LogP contribution is 2.22. The van der Waals surface area contributed by atoms with Gasteiger partial charge in [0.25, 0.3) is 0 Å². The monoisotopic (exact) mass is 376 g/mol. The number of nitrogens with zero attached hydrogens (tertiary/aromatic N) is 3. The predicted molar refractivity (Wildman–Crippen MR) is 103 cm³/mol. The zero-order valence-electron chi connectivity index (χ0n) is 15.2. The topological polar surface area (TPSA) is 59.4 Å². The number of rotatable bonds is 5. The summed E-state index contributed by atoms with van der Waals surface area (Å²) in [4.78, 5) is 14.6. The number of aromatic nitrogens is 2. The molecule has 1 aromatic heterocycles. The summed E-state index contributed by atoms with van der Waals surface area (Å²) < 4.78 is 7.03. The molecular weight excluding hydrogens is 352 g/mol. The van der Waals surface area contributed by atoms with E-state index in [-0.39, 0.29) is 6.03 Å². The highest BCUT2D eigenvalue weighted by Gasteiger charge is 2.24. The molecule has 2 amide bonds. The lowest BCUT2D eigenvalue weighted by Crippen LogP contribution is -2.43. The van der Waals surface area contributed by atoms with Crippen LogP contribution in [0.2, 0.25) is 5.02 Å². The number of carbonyl (C=O) groups excluding carboxylic acids is 1. The van der Waals surface area contributed by atoms with E-state index in [1.54, 1.807) is 18.0 Å². The van der Waals surface area contributed by atoms with E-state index in [1.807, 2.05) is 36.1 Å². The van der Waals surface area contributed by atoms with Crippen molar-refractivity contribution in [3.63, 3.8) is 0 Å². The largest absolute Gasteiger partial charge is 0.384 e. The van der Waals surface area contributed by atoms with Crippen LogP contribution in [0.5, 0.6) is 0 Å². The molecule has 26 heavy (non-hydrogen) atoms. The van der Waals surface area contributed by atoms with E-state index in [1.165, 1.54) is 0 Å². The number of urea groups is 1. The van der Waals surface area contributed by atoms with Crippen molar-refractivity contribution in [2.24, 2.45) is 5.92 Å². The standard InChI is InChI=1S/C19H25ClN4O2/c1-14-10-21-24(12-16-7-3-4-8-17(16)20)18(14)22-19(25)23-9-5-6-15(11-23)13-26-2/h3-4,7-8,10,15H,5-6,9,11-13H2,1-2H3,(H,22,25)/t15-/m0/s1. The molecular formula is C19H25ClN4O2. The lowest BCUT2D eigenvalue weighted by molar-refractivity contribution is 0.104. The zero-order chi connectivity index (χ0) is 18.5. The molecule has 0 spiro atoms. The first kappa shape index (κ1) is 18.7. The second kappa shape index (κ2) is 8.56. The Balaban J connectivity index is 1.71. The van der Waals surface area contributed by atoms with Crippen LogP contribution in [0.3, 0.4) is 0 Å². The summed E-state index contributed by atoms with van der Waals surface area (Å²) in [5, 5.41) is 8.13. The van der Waals surface area contributed by atoms with Crippen molar-refractivity contribution in [2.45, 2.75) is 26.3 Å². The fourth-order valence-corrected chi connectivity index (χ4v) is 3.55. The van der Waals surface area contributed by atoms with Gasteiger partial charge >= 0.3 is 6.03 Å². The molecule has 0 aliphatic carbocycles. The van der Waals surface area contributed by atoms with Gasteiger partial charge in [-0.25, -0.2) is 9.48 Å². The average Bonchev–Trinajstić information content (AvgIpc) is 2.97. The first-order valence-electron chi connectivity index (χ1n) is 8.89. The first-order valence-corrected chi connectivity index (χ1v) is 9.27. The van der Waals surface area contributed by atoms with Crippen LogP contribution >= 0.6 is 11.6 Å². The Morgan fingerprint density at radius 1 is 1.42 bits per heavy atom. The summed E-state index contributed by atoms with van der Waals surface area (Å²) in [6, 6.07) is 7.57. The summed E-state index contributed by atoms with van der Waals surface area (Å²) in [6.07, 6.45) is 3.86. The van der Waals surface area contributed by atoms with Gasteiger partial charge in [-0.15, -0.1) is 0 Å². The van der Waals surface area contributed by atoms with Crippen molar-refractivity contribution in [1.82, 2.24) is 14.7 Å². The Hall–Kier alpha value is -2.05. The number of methoxy groups -OCH3 is 1. The SMILES string of the molecule is COC[C@H]1CCCN(C(=O)Nc2c(C)cnn2Cc2ccccc2Cl)C1. The van der Waals surface area contributed by atoms with Gasteiger partial charge in [-0.2, -0.15) is 5.10 Å². The number of aryl methyl sites for hydroxylation is 1. The molecule has 1 N–H and O–H groups in total. The van der Waals surface area contributed by atoms with Gasteiger partial charge < -0.3 is 9.64 Å². The number of benzene rings is 1. The molecule has 0 radical (unpaired) electrons. The molecule has 1 aliphatic heterocycles. The van der Waals surface area contributed by atoms with Crippen molar-refractivity contribution in [2.75, 3.05) is 32.1 Å². The molecule has 140 valence electrons. The second-order valence-electron chi connectivity index (χ2n) is 6.77.